The maximum absolute atomic E-state index is 12.7. The highest BCUT2D eigenvalue weighted by Gasteiger charge is 2.40. The minimum absolute atomic E-state index is 0. The third-order valence-corrected chi connectivity index (χ3v) is 5.87. The van der Waals surface area contributed by atoms with Crippen LogP contribution >= 0.6 is 24.8 Å². The molecule has 0 aromatic heterocycles. The fraction of sp³-hybridized carbons (Fsp3) is 0.650. The molecule has 5 nitrogen and oxygen atoms in total. The summed E-state index contributed by atoms with van der Waals surface area (Å²) in [5, 5.41) is 6.78. The summed E-state index contributed by atoms with van der Waals surface area (Å²) in [4.78, 5) is 14.7. The molecule has 0 radical (unpaired) electrons. The first-order valence-electron chi connectivity index (χ1n) is 9.63. The minimum Gasteiger partial charge on any atom is -0.370 e. The molecule has 2 atom stereocenters. The van der Waals surface area contributed by atoms with E-state index in [1.807, 2.05) is 4.90 Å². The van der Waals surface area contributed by atoms with Gasteiger partial charge in [0.05, 0.1) is 25.2 Å². The average molecular weight is 416 g/mol. The van der Waals surface area contributed by atoms with Gasteiger partial charge in [-0.05, 0) is 55.9 Å². The fourth-order valence-corrected chi connectivity index (χ4v) is 4.34. The SMILES string of the molecule is Cl.Cl.O=C(Cc1ccc(CC2CCNC2)cc1)N1CCOC2(CCNC2)C1. The van der Waals surface area contributed by atoms with Gasteiger partial charge in [-0.2, -0.15) is 0 Å². The van der Waals surface area contributed by atoms with E-state index >= 15 is 0 Å². The number of hydrogen-bond donors (Lipinski definition) is 2. The second kappa shape index (κ2) is 10.1. The summed E-state index contributed by atoms with van der Waals surface area (Å²) in [5.74, 6) is 0.986. The third-order valence-electron chi connectivity index (χ3n) is 5.87. The van der Waals surface area contributed by atoms with E-state index in [4.69, 9.17) is 4.74 Å². The second-order valence-electron chi connectivity index (χ2n) is 7.83. The van der Waals surface area contributed by atoms with E-state index in [2.05, 4.69) is 34.9 Å². The topological polar surface area (TPSA) is 53.6 Å². The number of nitrogens with one attached hydrogen (secondary N) is 2. The van der Waals surface area contributed by atoms with Crippen molar-refractivity contribution in [2.24, 2.45) is 5.92 Å². The van der Waals surface area contributed by atoms with Crippen molar-refractivity contribution in [2.75, 3.05) is 45.9 Å². The van der Waals surface area contributed by atoms with Crippen molar-refractivity contribution >= 4 is 30.7 Å². The number of benzene rings is 1. The van der Waals surface area contributed by atoms with Gasteiger partial charge >= 0.3 is 0 Å². The number of carbonyl (C=O) groups excluding carboxylic acids is 1. The van der Waals surface area contributed by atoms with Gasteiger partial charge in [-0.15, -0.1) is 24.8 Å². The normalized spacial score (nSPS) is 27.3. The van der Waals surface area contributed by atoms with Gasteiger partial charge < -0.3 is 20.3 Å². The van der Waals surface area contributed by atoms with Crippen LogP contribution in [0, 0.1) is 5.92 Å². The van der Waals surface area contributed by atoms with Crippen LogP contribution in [-0.4, -0.2) is 62.3 Å². The van der Waals surface area contributed by atoms with E-state index in [-0.39, 0.29) is 36.3 Å². The van der Waals surface area contributed by atoms with E-state index in [1.165, 1.54) is 12.0 Å². The van der Waals surface area contributed by atoms with Gasteiger partial charge in [-0.25, -0.2) is 0 Å². The van der Waals surface area contributed by atoms with Crippen LogP contribution in [0.5, 0.6) is 0 Å². The zero-order valence-electron chi connectivity index (χ0n) is 15.7. The molecule has 2 unspecified atom stereocenters. The number of nitrogens with zero attached hydrogens (tertiary/aromatic N) is 1. The highest BCUT2D eigenvalue weighted by atomic mass is 35.5. The molecule has 1 spiro atoms. The van der Waals surface area contributed by atoms with Gasteiger partial charge in [-0.3, -0.25) is 4.79 Å². The Labute approximate surface area is 174 Å². The number of amides is 1. The van der Waals surface area contributed by atoms with Gasteiger partial charge in [0, 0.05) is 13.1 Å². The Morgan fingerprint density at radius 3 is 2.59 bits per heavy atom. The first-order valence-corrected chi connectivity index (χ1v) is 9.63. The highest BCUT2D eigenvalue weighted by Crippen LogP contribution is 2.25. The minimum atomic E-state index is -0.146. The Morgan fingerprint density at radius 2 is 1.93 bits per heavy atom. The molecule has 3 saturated heterocycles. The van der Waals surface area contributed by atoms with Gasteiger partial charge in [0.15, 0.2) is 0 Å². The summed E-state index contributed by atoms with van der Waals surface area (Å²) in [6.45, 7) is 6.23. The van der Waals surface area contributed by atoms with Crippen LogP contribution in [0.2, 0.25) is 0 Å². The molecule has 27 heavy (non-hydrogen) atoms. The molecule has 1 amide bonds. The number of ether oxygens (including phenoxy) is 1. The predicted molar refractivity (Wildman–Crippen MR) is 112 cm³/mol. The van der Waals surface area contributed by atoms with Crippen LogP contribution in [-0.2, 0) is 22.4 Å². The van der Waals surface area contributed by atoms with Gasteiger partial charge in [0.1, 0.15) is 0 Å². The van der Waals surface area contributed by atoms with Crippen molar-refractivity contribution in [1.29, 1.82) is 0 Å². The lowest BCUT2D eigenvalue weighted by molar-refractivity contribution is -0.147. The molecule has 2 N–H and O–H groups in total. The summed E-state index contributed by atoms with van der Waals surface area (Å²) in [6.07, 6.45) is 3.91. The van der Waals surface area contributed by atoms with Crippen LogP contribution in [0.25, 0.3) is 0 Å². The number of carbonyl (C=O) groups is 1. The third kappa shape index (κ3) is 5.58. The molecular formula is C20H31Cl2N3O2. The van der Waals surface area contributed by atoms with Crippen LogP contribution in [0.3, 0.4) is 0 Å². The quantitative estimate of drug-likeness (QED) is 0.787. The maximum Gasteiger partial charge on any atom is 0.227 e. The van der Waals surface area contributed by atoms with Crippen molar-refractivity contribution in [3.63, 3.8) is 0 Å². The lowest BCUT2D eigenvalue weighted by Gasteiger charge is -2.40. The smallest absolute Gasteiger partial charge is 0.227 e. The molecule has 3 fully saturated rings. The molecule has 1 aromatic carbocycles. The molecule has 4 rings (SSSR count). The van der Waals surface area contributed by atoms with Crippen molar-refractivity contribution < 1.29 is 9.53 Å². The summed E-state index contributed by atoms with van der Waals surface area (Å²) in [7, 11) is 0. The largest absolute Gasteiger partial charge is 0.370 e. The fourth-order valence-electron chi connectivity index (χ4n) is 4.34. The number of hydrogen-bond acceptors (Lipinski definition) is 4. The lowest BCUT2D eigenvalue weighted by Crippen LogP contribution is -2.55. The monoisotopic (exact) mass is 415 g/mol. The summed E-state index contributed by atoms with van der Waals surface area (Å²) in [6, 6.07) is 8.65. The molecule has 0 bridgehead atoms. The van der Waals surface area contributed by atoms with E-state index in [0.29, 0.717) is 19.6 Å². The van der Waals surface area contributed by atoms with Crippen LogP contribution < -0.4 is 10.6 Å². The Morgan fingerprint density at radius 1 is 1.15 bits per heavy atom. The van der Waals surface area contributed by atoms with Crippen molar-refractivity contribution in [3.8, 4) is 0 Å². The Bertz CT molecular complexity index is 600. The molecule has 3 heterocycles. The summed E-state index contributed by atoms with van der Waals surface area (Å²) >= 11 is 0. The van der Waals surface area contributed by atoms with E-state index in [1.54, 1.807) is 0 Å². The van der Waals surface area contributed by atoms with Gasteiger partial charge in [0.2, 0.25) is 5.91 Å². The van der Waals surface area contributed by atoms with Crippen LogP contribution in [0.15, 0.2) is 24.3 Å². The van der Waals surface area contributed by atoms with Crippen molar-refractivity contribution in [3.05, 3.63) is 35.4 Å². The van der Waals surface area contributed by atoms with E-state index < -0.39 is 0 Å². The number of morpholine rings is 1. The molecule has 152 valence electrons. The summed E-state index contributed by atoms with van der Waals surface area (Å²) in [5.41, 5.74) is 2.35. The lowest BCUT2D eigenvalue weighted by atomic mass is 9.97. The second-order valence-corrected chi connectivity index (χ2v) is 7.83. The predicted octanol–water partition coefficient (Wildman–Crippen LogP) is 1.82. The molecule has 1 aromatic rings. The van der Waals surface area contributed by atoms with Crippen molar-refractivity contribution in [2.45, 2.75) is 31.3 Å². The average Bonchev–Trinajstić information content (AvgIpc) is 3.29. The van der Waals surface area contributed by atoms with Gasteiger partial charge in [-0.1, -0.05) is 24.3 Å². The summed E-state index contributed by atoms with van der Waals surface area (Å²) < 4.78 is 5.97. The highest BCUT2D eigenvalue weighted by molar-refractivity contribution is 5.85. The van der Waals surface area contributed by atoms with Crippen LogP contribution in [0.1, 0.15) is 24.0 Å². The van der Waals surface area contributed by atoms with Gasteiger partial charge in [0.25, 0.3) is 0 Å². The first-order chi connectivity index (χ1) is 12.2. The number of halogens is 2. The zero-order valence-corrected chi connectivity index (χ0v) is 17.4. The molecule has 7 heteroatoms. The molecule has 3 aliphatic heterocycles. The molecular weight excluding hydrogens is 385 g/mol. The first kappa shape index (κ1) is 22.4. The molecule has 0 aliphatic carbocycles. The van der Waals surface area contributed by atoms with E-state index in [0.717, 1.165) is 57.0 Å². The Hall–Kier alpha value is -0.850. The Balaban J connectivity index is 0.00000131. The number of rotatable bonds is 4. The molecule has 3 aliphatic rings. The Kier molecular flexibility index (Phi) is 8.38. The van der Waals surface area contributed by atoms with E-state index in [9.17, 15) is 4.79 Å². The zero-order chi connectivity index (χ0) is 17.1. The van der Waals surface area contributed by atoms with Crippen molar-refractivity contribution in [1.82, 2.24) is 15.5 Å². The maximum atomic E-state index is 12.7. The molecule has 0 saturated carbocycles. The van der Waals surface area contributed by atoms with Crippen LogP contribution in [0.4, 0.5) is 0 Å². The standard InChI is InChI=1S/C20H29N3O2.2ClH/c24-19(23-9-10-25-20(15-23)6-8-22-14-20)12-17-3-1-16(2-4-17)11-18-5-7-21-13-18;;/h1-4,18,21-22H,5-15H2;2*1H.